The minimum Gasteiger partial charge on any atom is -0.493 e. The number of para-hydroxylation sites is 1. The summed E-state index contributed by atoms with van der Waals surface area (Å²) in [5.74, 6) is 0.970. The second-order valence-electron chi connectivity index (χ2n) is 4.06. The van der Waals surface area contributed by atoms with Gasteiger partial charge in [0, 0.05) is 5.56 Å². The molecule has 0 amide bonds. The molecule has 86 valence electrons. The van der Waals surface area contributed by atoms with E-state index in [1.807, 2.05) is 12.1 Å². The molecule has 1 aromatic carbocycles. The number of ether oxygens (including phenoxy) is 1. The third-order valence-corrected chi connectivity index (χ3v) is 3.08. The topological polar surface area (TPSA) is 37.9 Å². The molecule has 4 heteroatoms. The van der Waals surface area contributed by atoms with Crippen LogP contribution in [-0.4, -0.2) is 16.6 Å². The molecule has 0 atom stereocenters. The largest absolute Gasteiger partial charge is 0.493 e. The maximum atomic E-state index is 5.77. The van der Waals surface area contributed by atoms with Gasteiger partial charge in [0.25, 0.3) is 0 Å². The minimum absolute atomic E-state index is 0.635. The van der Waals surface area contributed by atoms with Crippen molar-refractivity contribution in [2.75, 3.05) is 6.61 Å². The molecule has 1 aliphatic heterocycles. The first-order valence-corrected chi connectivity index (χ1v) is 6.05. The van der Waals surface area contributed by atoms with Crippen LogP contribution in [0.25, 0.3) is 11.3 Å². The number of nitrogens with one attached hydrogen (secondary N) is 1. The van der Waals surface area contributed by atoms with Gasteiger partial charge in [-0.05, 0) is 24.5 Å². The fourth-order valence-electron chi connectivity index (χ4n) is 2.11. The molecule has 3 rings (SSSR count). The molecule has 0 spiro atoms. The first kappa shape index (κ1) is 10.5. The molecule has 2 heterocycles. The van der Waals surface area contributed by atoms with E-state index in [4.69, 9.17) is 17.0 Å². The van der Waals surface area contributed by atoms with E-state index in [0.29, 0.717) is 4.64 Å². The third-order valence-electron chi connectivity index (χ3n) is 2.88. The van der Waals surface area contributed by atoms with E-state index in [1.54, 1.807) is 12.4 Å². The molecule has 1 N–H and O–H groups in total. The van der Waals surface area contributed by atoms with Gasteiger partial charge in [-0.25, -0.2) is 0 Å². The van der Waals surface area contributed by atoms with Gasteiger partial charge < -0.3 is 9.72 Å². The van der Waals surface area contributed by atoms with Gasteiger partial charge in [0.2, 0.25) is 0 Å². The van der Waals surface area contributed by atoms with E-state index in [0.717, 1.165) is 36.5 Å². The molecule has 0 fully saturated rings. The summed E-state index contributed by atoms with van der Waals surface area (Å²) in [4.78, 5) is 7.26. The predicted octanol–water partition coefficient (Wildman–Crippen LogP) is 3.13. The first-order chi connectivity index (χ1) is 8.34. The lowest BCUT2D eigenvalue weighted by molar-refractivity contribution is 0.289. The van der Waals surface area contributed by atoms with Gasteiger partial charge in [-0.15, -0.1) is 0 Å². The Labute approximate surface area is 104 Å². The molecular formula is C13H12N2OS. The van der Waals surface area contributed by atoms with Crippen molar-refractivity contribution in [1.29, 1.82) is 0 Å². The fraction of sp³-hybridized carbons (Fsp3) is 0.231. The third kappa shape index (κ3) is 1.96. The molecule has 0 radical (unpaired) electrons. The molecule has 0 aliphatic carbocycles. The van der Waals surface area contributed by atoms with Crippen molar-refractivity contribution >= 4 is 12.2 Å². The first-order valence-electron chi connectivity index (χ1n) is 5.64. The van der Waals surface area contributed by atoms with Crippen LogP contribution in [0.4, 0.5) is 0 Å². The van der Waals surface area contributed by atoms with Crippen molar-refractivity contribution in [3.8, 4) is 17.0 Å². The summed E-state index contributed by atoms with van der Waals surface area (Å²) in [5.41, 5.74) is 3.22. The molecule has 17 heavy (non-hydrogen) atoms. The molecule has 0 saturated heterocycles. The summed E-state index contributed by atoms with van der Waals surface area (Å²) in [7, 11) is 0. The number of rotatable bonds is 1. The van der Waals surface area contributed by atoms with Crippen LogP contribution < -0.4 is 4.74 Å². The predicted molar refractivity (Wildman–Crippen MR) is 68.7 cm³/mol. The highest BCUT2D eigenvalue weighted by Gasteiger charge is 2.15. The average molecular weight is 244 g/mol. The number of aromatic amines is 1. The molecule has 0 bridgehead atoms. The number of nitrogens with zero attached hydrogens (tertiary/aromatic N) is 1. The quantitative estimate of drug-likeness (QED) is 0.783. The summed E-state index contributed by atoms with van der Waals surface area (Å²) in [6.45, 7) is 0.783. The fourth-order valence-corrected chi connectivity index (χ4v) is 2.29. The number of hydrogen-bond acceptors (Lipinski definition) is 3. The van der Waals surface area contributed by atoms with Crippen molar-refractivity contribution in [1.82, 2.24) is 9.97 Å². The Kier molecular flexibility index (Phi) is 2.65. The standard InChI is InChI=1S/C13H12N2OS/c17-12-8-14-7-11(15-12)10-5-1-3-9-4-2-6-16-13(9)10/h1,3,5,7-8H,2,4,6H2,(H,15,17). The van der Waals surface area contributed by atoms with Crippen LogP contribution >= 0.6 is 12.2 Å². The van der Waals surface area contributed by atoms with E-state index >= 15 is 0 Å². The Balaban J connectivity index is 2.18. The van der Waals surface area contributed by atoms with Crippen molar-refractivity contribution in [2.24, 2.45) is 0 Å². The highest BCUT2D eigenvalue weighted by molar-refractivity contribution is 7.71. The number of fused-ring (bicyclic) bond motifs is 1. The number of H-pyrrole nitrogens is 1. The molecule has 0 unspecified atom stereocenters. The zero-order valence-electron chi connectivity index (χ0n) is 9.27. The Morgan fingerprint density at radius 3 is 3.12 bits per heavy atom. The van der Waals surface area contributed by atoms with E-state index in [1.165, 1.54) is 5.56 Å². The summed E-state index contributed by atoms with van der Waals surface area (Å²) in [6.07, 6.45) is 5.57. The van der Waals surface area contributed by atoms with E-state index in [2.05, 4.69) is 16.0 Å². The normalized spacial score (nSPS) is 13.9. The van der Waals surface area contributed by atoms with Crippen LogP contribution in [0.1, 0.15) is 12.0 Å². The maximum absolute atomic E-state index is 5.77. The minimum atomic E-state index is 0.635. The molecule has 2 aromatic rings. The second-order valence-corrected chi connectivity index (χ2v) is 4.50. The lowest BCUT2D eigenvalue weighted by Crippen LogP contribution is -2.09. The maximum Gasteiger partial charge on any atom is 0.131 e. The SMILES string of the molecule is S=c1cncc(-c2cccc3c2OCCC3)[nH]1. The van der Waals surface area contributed by atoms with Crippen LogP contribution in [0.2, 0.25) is 0 Å². The summed E-state index contributed by atoms with van der Waals surface area (Å²) in [5, 5.41) is 0. The van der Waals surface area contributed by atoms with E-state index < -0.39 is 0 Å². The summed E-state index contributed by atoms with van der Waals surface area (Å²) < 4.78 is 6.40. The van der Waals surface area contributed by atoms with Crippen LogP contribution in [0, 0.1) is 4.64 Å². The van der Waals surface area contributed by atoms with Crippen molar-refractivity contribution < 1.29 is 4.74 Å². The van der Waals surface area contributed by atoms with Gasteiger partial charge in [0.15, 0.2) is 0 Å². The lowest BCUT2D eigenvalue weighted by atomic mass is 10.0. The average Bonchev–Trinajstić information content (AvgIpc) is 2.38. The monoisotopic (exact) mass is 244 g/mol. The molecule has 3 nitrogen and oxygen atoms in total. The second kappa shape index (κ2) is 4.30. The van der Waals surface area contributed by atoms with Gasteiger partial charge in [-0.2, -0.15) is 0 Å². The van der Waals surface area contributed by atoms with Gasteiger partial charge in [-0.1, -0.05) is 24.4 Å². The van der Waals surface area contributed by atoms with Gasteiger partial charge in [0.1, 0.15) is 10.4 Å². The number of aromatic nitrogens is 2. The smallest absolute Gasteiger partial charge is 0.131 e. The van der Waals surface area contributed by atoms with E-state index in [-0.39, 0.29) is 0 Å². The van der Waals surface area contributed by atoms with Gasteiger partial charge >= 0.3 is 0 Å². The highest BCUT2D eigenvalue weighted by Crippen LogP contribution is 2.34. The van der Waals surface area contributed by atoms with Crippen LogP contribution in [-0.2, 0) is 6.42 Å². The lowest BCUT2D eigenvalue weighted by Gasteiger charge is -2.20. The van der Waals surface area contributed by atoms with Crippen molar-refractivity contribution in [3.05, 3.63) is 40.8 Å². The number of aryl methyl sites for hydroxylation is 1. The number of benzene rings is 1. The summed E-state index contributed by atoms with van der Waals surface area (Å²) >= 11 is 5.10. The van der Waals surface area contributed by atoms with Gasteiger partial charge in [0.05, 0.1) is 24.7 Å². The van der Waals surface area contributed by atoms with Crippen LogP contribution in [0.15, 0.2) is 30.6 Å². The highest BCUT2D eigenvalue weighted by atomic mass is 32.1. The summed E-state index contributed by atoms with van der Waals surface area (Å²) in [6, 6.07) is 6.20. The Hall–Kier alpha value is -1.68. The molecule has 0 saturated carbocycles. The van der Waals surface area contributed by atoms with Crippen molar-refractivity contribution in [2.45, 2.75) is 12.8 Å². The van der Waals surface area contributed by atoms with E-state index in [9.17, 15) is 0 Å². The molecular weight excluding hydrogens is 232 g/mol. The molecule has 1 aliphatic rings. The molecule has 1 aromatic heterocycles. The van der Waals surface area contributed by atoms with Gasteiger partial charge in [-0.3, -0.25) is 4.98 Å². The Bertz CT molecular complexity index is 606. The van der Waals surface area contributed by atoms with Crippen LogP contribution in [0.3, 0.4) is 0 Å². The zero-order chi connectivity index (χ0) is 11.7. The Morgan fingerprint density at radius 2 is 2.24 bits per heavy atom. The zero-order valence-corrected chi connectivity index (χ0v) is 10.1. The Morgan fingerprint density at radius 1 is 1.29 bits per heavy atom. The van der Waals surface area contributed by atoms with Crippen LogP contribution in [0.5, 0.6) is 5.75 Å². The number of hydrogen-bond donors (Lipinski definition) is 1. The van der Waals surface area contributed by atoms with Crippen molar-refractivity contribution in [3.63, 3.8) is 0 Å².